The number of fused-ring (bicyclic) bond motifs is 1. The number of carbonyl (C=O) groups excluding carboxylic acids is 1. The summed E-state index contributed by atoms with van der Waals surface area (Å²) in [5.74, 6) is 0.918. The van der Waals surface area contributed by atoms with E-state index in [1.54, 1.807) is 23.7 Å². The second-order valence-corrected chi connectivity index (χ2v) is 9.34. The van der Waals surface area contributed by atoms with E-state index in [9.17, 15) is 22.8 Å². The van der Waals surface area contributed by atoms with Crippen molar-refractivity contribution >= 4 is 16.9 Å². The van der Waals surface area contributed by atoms with Gasteiger partial charge in [-0.2, -0.15) is 13.2 Å². The fourth-order valence-corrected chi connectivity index (χ4v) is 4.84. The number of nitrogens with zero attached hydrogens (tertiary/aromatic N) is 3. The van der Waals surface area contributed by atoms with E-state index in [2.05, 4.69) is 4.57 Å². The summed E-state index contributed by atoms with van der Waals surface area (Å²) < 4.78 is 48.3. The van der Waals surface area contributed by atoms with Gasteiger partial charge in [0.15, 0.2) is 0 Å². The van der Waals surface area contributed by atoms with Gasteiger partial charge < -0.3 is 18.8 Å². The van der Waals surface area contributed by atoms with Gasteiger partial charge in [-0.05, 0) is 66.9 Å². The Kier molecular flexibility index (Phi) is 6.31. The van der Waals surface area contributed by atoms with Gasteiger partial charge in [0, 0.05) is 50.9 Å². The molecule has 0 saturated carbocycles. The number of carbonyl (C=O) groups is 1. The number of rotatable bonds is 6. The molecule has 37 heavy (non-hydrogen) atoms. The second kappa shape index (κ2) is 9.46. The lowest BCUT2D eigenvalue weighted by molar-refractivity contribution is -0.137. The number of halogens is 3. The molecule has 4 aromatic rings. The highest BCUT2D eigenvalue weighted by atomic mass is 19.4. The van der Waals surface area contributed by atoms with Crippen LogP contribution in [0.15, 0.2) is 65.6 Å². The molecule has 1 saturated heterocycles. The number of aryl methyl sites for hydroxylation is 2. The molecule has 192 valence electrons. The molecule has 0 spiro atoms. The van der Waals surface area contributed by atoms with Crippen LogP contribution in [0.25, 0.3) is 22.2 Å². The zero-order valence-corrected chi connectivity index (χ0v) is 20.5. The Morgan fingerprint density at radius 2 is 1.70 bits per heavy atom. The van der Waals surface area contributed by atoms with Gasteiger partial charge in [0.1, 0.15) is 11.5 Å². The van der Waals surface area contributed by atoms with E-state index in [-0.39, 0.29) is 17.2 Å². The third kappa shape index (κ3) is 4.98. The third-order valence-electron chi connectivity index (χ3n) is 6.70. The summed E-state index contributed by atoms with van der Waals surface area (Å²) in [7, 11) is 1.72. The molecule has 5 rings (SSSR count). The molecule has 0 unspecified atom stereocenters. The topological polar surface area (TPSA) is 56.5 Å². The van der Waals surface area contributed by atoms with Crippen LogP contribution in [0.3, 0.4) is 0 Å². The zero-order valence-electron chi connectivity index (χ0n) is 20.5. The van der Waals surface area contributed by atoms with Crippen LogP contribution in [0, 0.1) is 6.92 Å². The molecule has 1 aliphatic heterocycles. The normalized spacial score (nSPS) is 14.1. The van der Waals surface area contributed by atoms with Crippen molar-refractivity contribution in [3.63, 3.8) is 0 Å². The van der Waals surface area contributed by atoms with Crippen molar-refractivity contribution in [2.45, 2.75) is 32.5 Å². The predicted octanol–water partition coefficient (Wildman–Crippen LogP) is 5.75. The molecule has 9 heteroatoms. The molecule has 1 aliphatic rings. The maximum absolute atomic E-state index is 12.9. The summed E-state index contributed by atoms with van der Waals surface area (Å²) >= 11 is 0. The molecule has 0 atom stereocenters. The monoisotopic (exact) mass is 509 g/mol. The van der Waals surface area contributed by atoms with E-state index in [1.807, 2.05) is 30.2 Å². The summed E-state index contributed by atoms with van der Waals surface area (Å²) in [5, 5.41) is 0. The number of hydrogen-bond acceptors (Lipinski definition) is 3. The van der Waals surface area contributed by atoms with Crippen LogP contribution in [0.4, 0.5) is 13.2 Å². The third-order valence-corrected chi connectivity index (χ3v) is 6.70. The van der Waals surface area contributed by atoms with E-state index in [1.165, 1.54) is 18.2 Å². The Hall–Kier alpha value is -4.01. The van der Waals surface area contributed by atoms with Crippen molar-refractivity contribution in [2.24, 2.45) is 7.05 Å². The highest BCUT2D eigenvalue weighted by Crippen LogP contribution is 2.35. The van der Waals surface area contributed by atoms with Crippen molar-refractivity contribution in [1.82, 2.24) is 14.0 Å². The summed E-state index contributed by atoms with van der Waals surface area (Å²) in [4.78, 5) is 26.4. The average Bonchev–Trinajstić information content (AvgIpc) is 3.43. The number of hydrogen-bond donors (Lipinski definition) is 0. The number of alkyl halides is 3. The maximum atomic E-state index is 12.9. The first kappa shape index (κ1) is 24.7. The van der Waals surface area contributed by atoms with Gasteiger partial charge in [-0.1, -0.05) is 6.07 Å². The largest absolute Gasteiger partial charge is 0.457 e. The van der Waals surface area contributed by atoms with E-state index >= 15 is 0 Å². The van der Waals surface area contributed by atoms with E-state index in [0.29, 0.717) is 25.3 Å². The van der Waals surface area contributed by atoms with Crippen molar-refractivity contribution in [3.8, 4) is 22.6 Å². The summed E-state index contributed by atoms with van der Waals surface area (Å²) in [6, 6.07) is 13.5. The molecule has 0 aliphatic carbocycles. The lowest BCUT2D eigenvalue weighted by Crippen LogP contribution is -2.28. The van der Waals surface area contributed by atoms with Crippen LogP contribution in [-0.4, -0.2) is 33.0 Å². The smallest absolute Gasteiger partial charge is 0.416 e. The first-order chi connectivity index (χ1) is 17.6. The van der Waals surface area contributed by atoms with Gasteiger partial charge in [-0.25, -0.2) is 0 Å². The lowest BCUT2D eigenvalue weighted by atomic mass is 10.0. The fourth-order valence-electron chi connectivity index (χ4n) is 4.84. The maximum Gasteiger partial charge on any atom is 0.416 e. The number of aromatic nitrogens is 2. The molecular formula is C28H26F3N3O3. The molecule has 3 heterocycles. The number of likely N-dealkylation sites (tertiary alicyclic amines) is 1. The molecule has 0 radical (unpaired) electrons. The summed E-state index contributed by atoms with van der Waals surface area (Å²) in [6.45, 7) is 3.83. The molecule has 2 aromatic carbocycles. The van der Waals surface area contributed by atoms with Crippen LogP contribution in [0.5, 0.6) is 11.5 Å². The Bertz CT molecular complexity index is 1530. The van der Waals surface area contributed by atoms with Gasteiger partial charge in [0.25, 0.3) is 5.56 Å². The number of benzene rings is 2. The molecule has 0 N–H and O–H groups in total. The SMILES string of the molecule is Cc1cc(Oc2ccc(C(F)(F)F)cc2)cc(-c2cn(CCN3CCCC3=O)c3ccc(=O)n(C)c23)c1. The Labute approximate surface area is 211 Å². The molecular weight excluding hydrogens is 483 g/mol. The summed E-state index contributed by atoms with van der Waals surface area (Å²) in [6.07, 6.45) is -0.990. The predicted molar refractivity (Wildman–Crippen MR) is 135 cm³/mol. The number of ether oxygens (including phenoxy) is 1. The minimum atomic E-state index is -4.42. The average molecular weight is 510 g/mol. The van der Waals surface area contributed by atoms with Crippen molar-refractivity contribution in [3.05, 3.63) is 82.3 Å². The van der Waals surface area contributed by atoms with E-state index in [4.69, 9.17) is 4.74 Å². The molecule has 6 nitrogen and oxygen atoms in total. The second-order valence-electron chi connectivity index (χ2n) is 9.34. The minimum absolute atomic E-state index is 0.143. The molecule has 0 bridgehead atoms. The molecule has 2 aromatic heterocycles. The molecule has 1 fully saturated rings. The van der Waals surface area contributed by atoms with Gasteiger partial charge in [-0.15, -0.1) is 0 Å². The Balaban J connectivity index is 1.51. The summed E-state index contributed by atoms with van der Waals surface area (Å²) in [5.41, 5.74) is 3.27. The van der Waals surface area contributed by atoms with Crippen molar-refractivity contribution < 1.29 is 22.7 Å². The zero-order chi connectivity index (χ0) is 26.3. The highest BCUT2D eigenvalue weighted by Gasteiger charge is 2.30. The van der Waals surface area contributed by atoms with Crippen LogP contribution in [0.2, 0.25) is 0 Å². The van der Waals surface area contributed by atoms with Crippen molar-refractivity contribution in [2.75, 3.05) is 13.1 Å². The van der Waals surface area contributed by atoms with Crippen LogP contribution in [0.1, 0.15) is 24.0 Å². The quantitative estimate of drug-likeness (QED) is 0.333. The van der Waals surface area contributed by atoms with Gasteiger partial charge in [0.05, 0.1) is 16.6 Å². The van der Waals surface area contributed by atoms with Gasteiger partial charge in [-0.3, -0.25) is 9.59 Å². The minimum Gasteiger partial charge on any atom is -0.457 e. The van der Waals surface area contributed by atoms with Crippen molar-refractivity contribution in [1.29, 1.82) is 0 Å². The highest BCUT2D eigenvalue weighted by molar-refractivity contribution is 5.94. The first-order valence-electron chi connectivity index (χ1n) is 12.0. The fraction of sp³-hybridized carbons (Fsp3) is 0.286. The lowest BCUT2D eigenvalue weighted by Gasteiger charge is -2.16. The van der Waals surface area contributed by atoms with Crippen LogP contribution < -0.4 is 10.3 Å². The molecule has 1 amide bonds. The first-order valence-corrected chi connectivity index (χ1v) is 12.0. The Morgan fingerprint density at radius 3 is 2.38 bits per heavy atom. The van der Waals surface area contributed by atoms with Gasteiger partial charge >= 0.3 is 6.18 Å². The Morgan fingerprint density at radius 1 is 0.946 bits per heavy atom. The van der Waals surface area contributed by atoms with Crippen LogP contribution >= 0.6 is 0 Å². The number of amides is 1. The van der Waals surface area contributed by atoms with Gasteiger partial charge in [0.2, 0.25) is 5.91 Å². The number of pyridine rings is 1. The van der Waals surface area contributed by atoms with Crippen LogP contribution in [-0.2, 0) is 24.6 Å². The standard InChI is InChI=1S/C28H26F3N3O3/c1-18-14-19(16-22(15-18)37-21-7-5-20(6-8-21)28(29,30)31)23-17-34(13-12-33-11-3-4-26(33)36)24-9-10-25(35)32(2)27(23)24/h5-10,14-17H,3-4,11-13H2,1-2H3. The van der Waals surface area contributed by atoms with E-state index < -0.39 is 11.7 Å². The van der Waals surface area contributed by atoms with E-state index in [0.717, 1.165) is 52.8 Å².